The lowest BCUT2D eigenvalue weighted by molar-refractivity contribution is -0.253. The molecule has 1 N–H and O–H groups in total. The molecule has 148 valence electrons. The molecule has 0 spiro atoms. The van der Waals surface area contributed by atoms with Crippen LogP contribution in [0, 0.1) is 50.2 Å². The van der Waals surface area contributed by atoms with Gasteiger partial charge < -0.3 is 9.47 Å². The summed E-state index contributed by atoms with van der Waals surface area (Å²) in [6.45, 7) is 1.60. The van der Waals surface area contributed by atoms with E-state index in [2.05, 4.69) is 6.07 Å². The maximum atomic E-state index is 10.4. The Balaban J connectivity index is 2.07. The Morgan fingerprint density at radius 2 is 1.63 bits per heavy atom. The summed E-state index contributed by atoms with van der Waals surface area (Å²) < 4.78 is 12.0. The molecular formula is C22H14Cl2N4O2. The Morgan fingerprint density at radius 3 is 2.23 bits per heavy atom. The Kier molecular flexibility index (Phi) is 4.53. The first kappa shape index (κ1) is 20.2. The van der Waals surface area contributed by atoms with Crippen molar-refractivity contribution in [2.75, 3.05) is 0 Å². The molecule has 0 radical (unpaired) electrons. The van der Waals surface area contributed by atoms with Gasteiger partial charge in [-0.1, -0.05) is 65.7 Å². The van der Waals surface area contributed by atoms with Gasteiger partial charge in [-0.25, -0.2) is 0 Å². The Bertz CT molecular complexity index is 1170. The molecule has 2 aromatic rings. The molecule has 6 nitrogen and oxygen atoms in total. The standard InChI is InChI=1S/C22H14Cl2N4O2/c1-20-17(13-6-3-2-4-7-13)22(12-27,19(28)30-20)21(10-25,11-26)18(29-20)14-8-5-9-15(23)16(14)24/h2-9,17-18,28H,1H3. The maximum absolute atomic E-state index is 10.4. The summed E-state index contributed by atoms with van der Waals surface area (Å²) in [5.74, 6) is -2.86. The number of halogens is 2. The van der Waals surface area contributed by atoms with E-state index in [9.17, 15) is 15.8 Å². The fraction of sp³-hybridized carbons (Fsp3) is 0.273. The van der Waals surface area contributed by atoms with Gasteiger partial charge in [0.2, 0.25) is 17.1 Å². The summed E-state index contributed by atoms with van der Waals surface area (Å²) in [7, 11) is 0. The number of benzene rings is 2. The smallest absolute Gasteiger partial charge is 0.218 e. The summed E-state index contributed by atoms with van der Waals surface area (Å²) in [5, 5.41) is 39.8. The van der Waals surface area contributed by atoms with E-state index in [0.717, 1.165) is 0 Å². The van der Waals surface area contributed by atoms with Crippen LogP contribution in [0.1, 0.15) is 30.1 Å². The molecule has 2 bridgehead atoms. The summed E-state index contributed by atoms with van der Waals surface area (Å²) in [6, 6.07) is 19.7. The van der Waals surface area contributed by atoms with Crippen LogP contribution < -0.4 is 0 Å². The largest absolute Gasteiger partial charge is 0.447 e. The van der Waals surface area contributed by atoms with Crippen LogP contribution in [0.15, 0.2) is 48.5 Å². The molecule has 0 aliphatic carbocycles. The quantitative estimate of drug-likeness (QED) is 0.701. The lowest BCUT2D eigenvalue weighted by Gasteiger charge is -2.49. The van der Waals surface area contributed by atoms with E-state index in [1.54, 1.807) is 55.5 Å². The second kappa shape index (κ2) is 6.73. The molecule has 30 heavy (non-hydrogen) atoms. The zero-order chi connectivity index (χ0) is 21.7. The Labute approximate surface area is 183 Å². The Hall–Kier alpha value is -3.08. The van der Waals surface area contributed by atoms with Crippen LogP contribution in [0.4, 0.5) is 0 Å². The number of nitrogens with zero attached hydrogens (tertiary/aromatic N) is 3. The van der Waals surface area contributed by atoms with Gasteiger partial charge in [-0.05, 0) is 11.6 Å². The summed E-state index contributed by atoms with van der Waals surface area (Å²) >= 11 is 12.6. The first-order chi connectivity index (χ1) is 14.3. The SMILES string of the molecule is CC12OC(=N)C(C#N)(C1c1ccccc1)C(C#N)(C#N)C(c1cccc(Cl)c1Cl)O2. The van der Waals surface area contributed by atoms with Crippen LogP contribution >= 0.6 is 23.2 Å². The topological polar surface area (TPSA) is 114 Å². The molecule has 4 rings (SSSR count). The highest BCUT2D eigenvalue weighted by molar-refractivity contribution is 6.42. The lowest BCUT2D eigenvalue weighted by Crippen LogP contribution is -2.57. The van der Waals surface area contributed by atoms with Crippen LogP contribution in [0.2, 0.25) is 10.0 Å². The minimum absolute atomic E-state index is 0.111. The molecule has 2 aliphatic heterocycles. The van der Waals surface area contributed by atoms with Gasteiger partial charge in [0.15, 0.2) is 5.41 Å². The highest BCUT2D eigenvalue weighted by Gasteiger charge is 2.79. The molecule has 4 atom stereocenters. The van der Waals surface area contributed by atoms with Crippen LogP contribution in [0.3, 0.4) is 0 Å². The second-order valence-corrected chi connectivity index (χ2v) is 8.17. The highest BCUT2D eigenvalue weighted by Crippen LogP contribution is 2.69. The van der Waals surface area contributed by atoms with Crippen molar-refractivity contribution < 1.29 is 9.47 Å². The van der Waals surface area contributed by atoms with E-state index in [1.807, 2.05) is 12.1 Å². The maximum Gasteiger partial charge on any atom is 0.218 e. The van der Waals surface area contributed by atoms with E-state index >= 15 is 0 Å². The van der Waals surface area contributed by atoms with E-state index in [-0.39, 0.29) is 15.6 Å². The van der Waals surface area contributed by atoms with Crippen molar-refractivity contribution >= 4 is 29.1 Å². The van der Waals surface area contributed by atoms with Crippen LogP contribution in [0.25, 0.3) is 0 Å². The number of hydrogen-bond acceptors (Lipinski definition) is 6. The van der Waals surface area contributed by atoms with Crippen LogP contribution in [-0.2, 0) is 9.47 Å². The van der Waals surface area contributed by atoms with E-state index in [1.165, 1.54) is 0 Å². The fourth-order valence-corrected chi connectivity index (χ4v) is 5.04. The molecule has 2 fully saturated rings. The average Bonchev–Trinajstić information content (AvgIpc) is 2.93. The third kappa shape index (κ3) is 2.29. The number of fused-ring (bicyclic) bond motifs is 2. The molecular weight excluding hydrogens is 423 g/mol. The second-order valence-electron chi connectivity index (χ2n) is 7.38. The number of ether oxygens (including phenoxy) is 2. The van der Waals surface area contributed by atoms with Crippen molar-refractivity contribution in [2.45, 2.75) is 24.7 Å². The van der Waals surface area contributed by atoms with Gasteiger partial charge in [0.1, 0.15) is 6.10 Å². The van der Waals surface area contributed by atoms with E-state index in [4.69, 9.17) is 38.1 Å². The fourth-order valence-electron chi connectivity index (χ4n) is 4.63. The van der Waals surface area contributed by atoms with Gasteiger partial charge in [-0.15, -0.1) is 0 Å². The first-order valence-electron chi connectivity index (χ1n) is 8.99. The number of rotatable bonds is 2. The van der Waals surface area contributed by atoms with Crippen molar-refractivity contribution in [2.24, 2.45) is 10.8 Å². The average molecular weight is 437 g/mol. The molecule has 0 aromatic heterocycles. The zero-order valence-corrected chi connectivity index (χ0v) is 17.2. The van der Waals surface area contributed by atoms with Crippen molar-refractivity contribution in [3.63, 3.8) is 0 Å². The minimum atomic E-state index is -2.12. The number of hydrogen-bond donors (Lipinski definition) is 1. The van der Waals surface area contributed by atoms with Gasteiger partial charge in [0.25, 0.3) is 0 Å². The van der Waals surface area contributed by atoms with E-state index < -0.39 is 34.5 Å². The van der Waals surface area contributed by atoms with Gasteiger partial charge in [-0.3, -0.25) is 5.41 Å². The van der Waals surface area contributed by atoms with E-state index in [0.29, 0.717) is 5.56 Å². The minimum Gasteiger partial charge on any atom is -0.447 e. The summed E-state index contributed by atoms with van der Waals surface area (Å²) in [5.41, 5.74) is -3.15. The third-order valence-corrected chi connectivity index (χ3v) is 6.75. The highest BCUT2D eigenvalue weighted by atomic mass is 35.5. The third-order valence-electron chi connectivity index (χ3n) is 5.91. The molecule has 2 aliphatic rings. The van der Waals surface area contributed by atoms with Crippen LogP contribution in [-0.4, -0.2) is 11.7 Å². The van der Waals surface area contributed by atoms with Crippen molar-refractivity contribution in [3.05, 3.63) is 69.7 Å². The lowest BCUT2D eigenvalue weighted by atomic mass is 9.52. The summed E-state index contributed by atoms with van der Waals surface area (Å²) in [4.78, 5) is 0. The molecule has 8 heteroatoms. The van der Waals surface area contributed by atoms with Gasteiger partial charge >= 0.3 is 0 Å². The zero-order valence-electron chi connectivity index (χ0n) is 15.7. The molecule has 2 aromatic carbocycles. The van der Waals surface area contributed by atoms with Gasteiger partial charge in [0, 0.05) is 12.5 Å². The van der Waals surface area contributed by atoms with Crippen molar-refractivity contribution in [1.82, 2.24) is 0 Å². The number of nitriles is 3. The first-order valence-corrected chi connectivity index (χ1v) is 9.75. The molecule has 2 heterocycles. The predicted octanol–water partition coefficient (Wildman–Crippen LogP) is 5.12. The number of nitrogens with one attached hydrogen (secondary N) is 1. The molecule has 0 amide bonds. The predicted molar refractivity (Wildman–Crippen MR) is 108 cm³/mol. The van der Waals surface area contributed by atoms with Crippen molar-refractivity contribution in [1.29, 1.82) is 21.2 Å². The van der Waals surface area contributed by atoms with Crippen LogP contribution in [0.5, 0.6) is 0 Å². The molecule has 2 saturated heterocycles. The molecule has 0 saturated carbocycles. The Morgan fingerprint density at radius 1 is 0.967 bits per heavy atom. The summed E-state index contributed by atoms with van der Waals surface area (Å²) in [6.07, 6.45) is -1.27. The molecule has 4 unspecified atom stereocenters. The normalized spacial score (nSPS) is 31.1. The van der Waals surface area contributed by atoms with Gasteiger partial charge in [0.05, 0.1) is 34.2 Å². The van der Waals surface area contributed by atoms with Gasteiger partial charge in [-0.2, -0.15) is 15.8 Å². The van der Waals surface area contributed by atoms with Crippen molar-refractivity contribution in [3.8, 4) is 18.2 Å². The monoisotopic (exact) mass is 436 g/mol.